The summed E-state index contributed by atoms with van der Waals surface area (Å²) < 4.78 is 7.24. The monoisotopic (exact) mass is 253 g/mol. The molecule has 1 saturated heterocycles. The van der Waals surface area contributed by atoms with Crippen molar-refractivity contribution in [2.24, 2.45) is 0 Å². The molecule has 2 unspecified atom stereocenters. The fourth-order valence-electron chi connectivity index (χ4n) is 2.82. The summed E-state index contributed by atoms with van der Waals surface area (Å²) in [7, 11) is 3.66. The molecule has 2 heterocycles. The summed E-state index contributed by atoms with van der Waals surface area (Å²) in [5.74, 6) is 0.688. The van der Waals surface area contributed by atoms with Gasteiger partial charge in [0.15, 0.2) is 5.75 Å². The van der Waals surface area contributed by atoms with Gasteiger partial charge in [0, 0.05) is 19.1 Å². The Morgan fingerprint density at radius 1 is 1.61 bits per heavy atom. The third kappa shape index (κ3) is 2.12. The van der Waals surface area contributed by atoms with Crippen LogP contribution in [-0.2, 0) is 12.1 Å². The molecule has 0 spiro atoms. The van der Waals surface area contributed by atoms with Crippen molar-refractivity contribution < 1.29 is 9.84 Å². The number of hydrogen-bond donors (Lipinski definition) is 1. The van der Waals surface area contributed by atoms with Crippen LogP contribution in [0, 0.1) is 0 Å². The highest BCUT2D eigenvalue weighted by atomic mass is 16.5. The van der Waals surface area contributed by atoms with Crippen molar-refractivity contribution in [2.75, 3.05) is 20.7 Å². The molecule has 5 nitrogen and oxygen atoms in total. The maximum atomic E-state index is 10.9. The number of likely N-dealkylation sites (N-methyl/N-ethyl adjacent to an activating group) is 1. The maximum Gasteiger partial charge on any atom is 0.162 e. The van der Waals surface area contributed by atoms with Crippen LogP contribution in [0.5, 0.6) is 5.75 Å². The Bertz CT molecular complexity index is 406. The zero-order valence-corrected chi connectivity index (χ0v) is 11.7. The largest absolute Gasteiger partial charge is 0.493 e. The van der Waals surface area contributed by atoms with Gasteiger partial charge in [-0.1, -0.05) is 6.92 Å². The van der Waals surface area contributed by atoms with Gasteiger partial charge in [-0.3, -0.25) is 4.68 Å². The van der Waals surface area contributed by atoms with Gasteiger partial charge in [-0.2, -0.15) is 5.10 Å². The molecule has 0 amide bonds. The van der Waals surface area contributed by atoms with Gasteiger partial charge in [-0.15, -0.1) is 0 Å². The van der Waals surface area contributed by atoms with Crippen LogP contribution in [0.2, 0.25) is 0 Å². The van der Waals surface area contributed by atoms with Crippen LogP contribution < -0.4 is 4.74 Å². The summed E-state index contributed by atoms with van der Waals surface area (Å²) in [5, 5.41) is 15.3. The highest BCUT2D eigenvalue weighted by molar-refractivity contribution is 5.32. The second-order valence-corrected chi connectivity index (χ2v) is 5.28. The van der Waals surface area contributed by atoms with E-state index in [-0.39, 0.29) is 0 Å². The van der Waals surface area contributed by atoms with E-state index in [2.05, 4.69) is 23.8 Å². The standard InChI is InChI=1S/C13H23N3O2/c1-5-6-16-12(11(18-4)8-14-16)13(17)7-10(2)15(3)9-13/h8,10,17H,5-7,9H2,1-4H3. The molecule has 0 aliphatic carbocycles. The normalized spacial score (nSPS) is 28.8. The first kappa shape index (κ1) is 13.4. The number of methoxy groups -OCH3 is 1. The Morgan fingerprint density at radius 3 is 2.83 bits per heavy atom. The van der Waals surface area contributed by atoms with E-state index >= 15 is 0 Å². The summed E-state index contributed by atoms with van der Waals surface area (Å²) in [6, 6.07) is 0.365. The van der Waals surface area contributed by atoms with Crippen molar-refractivity contribution in [3.63, 3.8) is 0 Å². The van der Waals surface area contributed by atoms with Crippen molar-refractivity contribution in [1.29, 1.82) is 0 Å². The van der Waals surface area contributed by atoms with Crippen LogP contribution in [0.4, 0.5) is 0 Å². The summed E-state index contributed by atoms with van der Waals surface area (Å²) >= 11 is 0. The van der Waals surface area contributed by atoms with E-state index < -0.39 is 5.60 Å². The van der Waals surface area contributed by atoms with Gasteiger partial charge in [0.05, 0.1) is 13.3 Å². The number of aryl methyl sites for hydroxylation is 1. The van der Waals surface area contributed by atoms with E-state index in [1.54, 1.807) is 13.3 Å². The minimum Gasteiger partial charge on any atom is -0.493 e. The fourth-order valence-corrected chi connectivity index (χ4v) is 2.82. The number of hydrogen-bond acceptors (Lipinski definition) is 4. The molecule has 1 aliphatic rings. The van der Waals surface area contributed by atoms with E-state index in [9.17, 15) is 5.11 Å². The third-order valence-electron chi connectivity index (χ3n) is 3.80. The van der Waals surface area contributed by atoms with Crippen LogP contribution in [-0.4, -0.2) is 46.5 Å². The highest BCUT2D eigenvalue weighted by Crippen LogP contribution is 2.39. The molecule has 0 saturated carbocycles. The van der Waals surface area contributed by atoms with E-state index in [4.69, 9.17) is 4.74 Å². The highest BCUT2D eigenvalue weighted by Gasteiger charge is 2.44. The van der Waals surface area contributed by atoms with Crippen molar-refractivity contribution in [1.82, 2.24) is 14.7 Å². The molecule has 2 atom stereocenters. The van der Waals surface area contributed by atoms with Crippen molar-refractivity contribution in [2.45, 2.75) is 44.9 Å². The predicted molar refractivity (Wildman–Crippen MR) is 69.7 cm³/mol. The Morgan fingerprint density at radius 2 is 2.33 bits per heavy atom. The molecule has 18 heavy (non-hydrogen) atoms. The second kappa shape index (κ2) is 4.90. The minimum absolute atomic E-state index is 0.365. The van der Waals surface area contributed by atoms with Crippen molar-refractivity contribution in [3.05, 3.63) is 11.9 Å². The average Bonchev–Trinajstić information content (AvgIpc) is 2.82. The first-order chi connectivity index (χ1) is 8.51. The van der Waals surface area contributed by atoms with Crippen molar-refractivity contribution >= 4 is 0 Å². The van der Waals surface area contributed by atoms with Gasteiger partial charge in [-0.25, -0.2) is 0 Å². The van der Waals surface area contributed by atoms with Crippen molar-refractivity contribution in [3.8, 4) is 5.75 Å². The minimum atomic E-state index is -0.856. The SMILES string of the molecule is CCCn1ncc(OC)c1C1(O)CC(C)N(C)C1. The zero-order chi connectivity index (χ0) is 13.3. The Hall–Kier alpha value is -1.07. The van der Waals surface area contributed by atoms with Crippen LogP contribution in [0.15, 0.2) is 6.20 Å². The van der Waals surface area contributed by atoms with E-state index in [1.165, 1.54) is 0 Å². The van der Waals surface area contributed by atoms with Gasteiger partial charge in [0.1, 0.15) is 11.3 Å². The Balaban J connectivity index is 2.39. The molecule has 1 N–H and O–H groups in total. The number of aliphatic hydroxyl groups is 1. The lowest BCUT2D eigenvalue weighted by molar-refractivity contribution is 0.0366. The number of nitrogens with zero attached hydrogens (tertiary/aromatic N) is 3. The van der Waals surface area contributed by atoms with Gasteiger partial charge in [0.2, 0.25) is 0 Å². The van der Waals surface area contributed by atoms with Gasteiger partial charge >= 0.3 is 0 Å². The lowest BCUT2D eigenvalue weighted by atomic mass is 9.96. The first-order valence-electron chi connectivity index (χ1n) is 6.54. The molecule has 1 fully saturated rings. The lowest BCUT2D eigenvalue weighted by Crippen LogP contribution is -2.32. The summed E-state index contributed by atoms with van der Waals surface area (Å²) in [4.78, 5) is 2.17. The number of aromatic nitrogens is 2. The quantitative estimate of drug-likeness (QED) is 0.876. The number of β-amino-alcohol motifs (C(OH)–C–C–N with tert-alkyl or cyclic N) is 1. The number of ether oxygens (including phenoxy) is 1. The summed E-state index contributed by atoms with van der Waals surface area (Å²) in [5.41, 5.74) is -0.0337. The topological polar surface area (TPSA) is 50.5 Å². The van der Waals surface area contributed by atoms with Crippen LogP contribution >= 0.6 is 0 Å². The zero-order valence-electron chi connectivity index (χ0n) is 11.7. The average molecular weight is 253 g/mol. The van der Waals surface area contributed by atoms with E-state index in [0.29, 0.717) is 18.3 Å². The fraction of sp³-hybridized carbons (Fsp3) is 0.769. The predicted octanol–water partition coefficient (Wildman–Crippen LogP) is 1.21. The van der Waals surface area contributed by atoms with Crippen LogP contribution in [0.1, 0.15) is 32.4 Å². The Labute approximate surface area is 108 Å². The molecule has 1 aromatic heterocycles. The molecule has 0 aromatic carbocycles. The third-order valence-corrected chi connectivity index (χ3v) is 3.80. The molecule has 5 heteroatoms. The van der Waals surface area contributed by atoms with Gasteiger partial charge in [0.25, 0.3) is 0 Å². The van der Waals surface area contributed by atoms with Gasteiger partial charge < -0.3 is 14.7 Å². The molecule has 1 aromatic rings. The molecule has 102 valence electrons. The van der Waals surface area contributed by atoms with Crippen LogP contribution in [0.25, 0.3) is 0 Å². The lowest BCUT2D eigenvalue weighted by Gasteiger charge is -2.24. The summed E-state index contributed by atoms with van der Waals surface area (Å²) in [6.45, 7) is 5.66. The molecule has 0 bridgehead atoms. The number of likely N-dealkylation sites (tertiary alicyclic amines) is 1. The van der Waals surface area contributed by atoms with Gasteiger partial charge in [-0.05, 0) is 26.8 Å². The second-order valence-electron chi connectivity index (χ2n) is 5.28. The molecular weight excluding hydrogens is 230 g/mol. The summed E-state index contributed by atoms with van der Waals surface area (Å²) in [6.07, 6.45) is 3.40. The number of rotatable bonds is 4. The first-order valence-corrected chi connectivity index (χ1v) is 6.54. The Kier molecular flexibility index (Phi) is 3.64. The molecule has 0 radical (unpaired) electrons. The van der Waals surface area contributed by atoms with E-state index in [0.717, 1.165) is 25.1 Å². The smallest absolute Gasteiger partial charge is 0.162 e. The maximum absolute atomic E-state index is 10.9. The van der Waals surface area contributed by atoms with Crippen LogP contribution in [0.3, 0.4) is 0 Å². The molecule has 1 aliphatic heterocycles. The van der Waals surface area contributed by atoms with E-state index in [1.807, 2.05) is 11.7 Å². The molecular formula is C13H23N3O2. The molecule has 2 rings (SSSR count).